The molecule has 6 heteroatoms. The molecule has 6 rings (SSSR count). The van der Waals surface area contributed by atoms with Gasteiger partial charge in [-0.2, -0.15) is 0 Å². The minimum atomic E-state index is 0.389. The summed E-state index contributed by atoms with van der Waals surface area (Å²) in [6.45, 7) is 4.33. The minimum absolute atomic E-state index is 0.389. The molecule has 5 nitrogen and oxygen atoms in total. The summed E-state index contributed by atoms with van der Waals surface area (Å²) in [6, 6.07) is 16.6. The quantitative estimate of drug-likeness (QED) is 0.415. The molecule has 2 aromatic carbocycles. The van der Waals surface area contributed by atoms with Gasteiger partial charge in [-0.15, -0.1) is 0 Å². The number of para-hydroxylation sites is 3. The van der Waals surface area contributed by atoms with E-state index in [1.165, 1.54) is 0 Å². The number of hydrogen-bond acceptors (Lipinski definition) is 4. The zero-order valence-corrected chi connectivity index (χ0v) is 15.2. The second-order valence-electron chi connectivity index (χ2n) is 6.86. The van der Waals surface area contributed by atoms with Crippen LogP contribution in [0.4, 0.5) is 0 Å². The summed E-state index contributed by atoms with van der Waals surface area (Å²) in [6.07, 6.45) is 0. The molecule has 26 heavy (non-hydrogen) atoms. The van der Waals surface area contributed by atoms with Crippen molar-refractivity contribution in [2.75, 3.05) is 0 Å². The second-order valence-corrected chi connectivity index (χ2v) is 7.87. The lowest BCUT2D eigenvalue weighted by Gasteiger charge is -2.06. The zero-order chi connectivity index (χ0) is 17.4. The monoisotopic (exact) mass is 357 g/mol. The van der Waals surface area contributed by atoms with Crippen molar-refractivity contribution >= 4 is 55.2 Å². The highest BCUT2D eigenvalue weighted by atomic mass is 32.1. The lowest BCUT2D eigenvalue weighted by Crippen LogP contribution is -1.97. The highest BCUT2D eigenvalue weighted by Crippen LogP contribution is 2.33. The lowest BCUT2D eigenvalue weighted by atomic mass is 10.2. The third-order valence-corrected chi connectivity index (χ3v) is 6.19. The molecule has 0 spiro atoms. The lowest BCUT2D eigenvalue weighted by molar-refractivity contribution is 0.855. The van der Waals surface area contributed by atoms with Crippen LogP contribution in [-0.2, 0) is 0 Å². The van der Waals surface area contributed by atoms with E-state index >= 15 is 0 Å². The van der Waals surface area contributed by atoms with Crippen LogP contribution >= 0.6 is 11.3 Å². The largest absolute Gasteiger partial charge is 0.277 e. The Hall–Kier alpha value is -2.99. The Morgan fingerprint density at radius 1 is 0.846 bits per heavy atom. The van der Waals surface area contributed by atoms with Crippen molar-refractivity contribution in [3.8, 4) is 0 Å². The predicted molar refractivity (Wildman–Crippen MR) is 106 cm³/mol. The van der Waals surface area contributed by atoms with Crippen molar-refractivity contribution in [1.29, 1.82) is 0 Å². The Labute approximate surface area is 152 Å². The average molecular weight is 357 g/mol. The molecule has 0 saturated carbocycles. The molecule has 0 bridgehead atoms. The number of imidazole rings is 2. The molecule has 6 aromatic rings. The Morgan fingerprint density at radius 2 is 1.62 bits per heavy atom. The number of fused-ring (bicyclic) bond motifs is 10. The molecule has 0 fully saturated rings. The Balaban J connectivity index is 1.96. The molecular formula is C20H15N5S. The van der Waals surface area contributed by atoms with Gasteiger partial charge in [0, 0.05) is 11.3 Å². The van der Waals surface area contributed by atoms with Gasteiger partial charge in [-0.25, -0.2) is 15.0 Å². The standard InChI is InChI=1S/C20H15N5S/c1-11(2)18-23-16-19(26-18)25-17(22-16)12-7-3-5-9-14(12)24-15-10-6-4-8-13(15)21-20(24)25/h3-11H,1-2H3. The highest BCUT2D eigenvalue weighted by Gasteiger charge is 2.20. The fourth-order valence-corrected chi connectivity index (χ4v) is 4.66. The van der Waals surface area contributed by atoms with Gasteiger partial charge in [0.15, 0.2) is 16.1 Å². The number of hydrogen-bond donors (Lipinski definition) is 0. The highest BCUT2D eigenvalue weighted by molar-refractivity contribution is 7.18. The third kappa shape index (κ3) is 1.67. The summed E-state index contributed by atoms with van der Waals surface area (Å²) in [4.78, 5) is 15.6. The van der Waals surface area contributed by atoms with Gasteiger partial charge in [-0.1, -0.05) is 49.4 Å². The van der Waals surface area contributed by atoms with E-state index in [4.69, 9.17) is 15.0 Å². The van der Waals surface area contributed by atoms with Gasteiger partial charge in [0.05, 0.1) is 21.6 Å². The fourth-order valence-electron chi connectivity index (χ4n) is 3.66. The van der Waals surface area contributed by atoms with E-state index < -0.39 is 0 Å². The van der Waals surface area contributed by atoms with Crippen molar-refractivity contribution < 1.29 is 0 Å². The van der Waals surface area contributed by atoms with E-state index in [1.54, 1.807) is 11.3 Å². The van der Waals surface area contributed by atoms with Gasteiger partial charge in [0.1, 0.15) is 0 Å². The van der Waals surface area contributed by atoms with E-state index in [9.17, 15) is 0 Å². The van der Waals surface area contributed by atoms with Crippen LogP contribution in [0.5, 0.6) is 0 Å². The van der Waals surface area contributed by atoms with E-state index in [0.29, 0.717) is 5.92 Å². The molecule has 0 aliphatic carbocycles. The van der Waals surface area contributed by atoms with E-state index in [0.717, 1.165) is 48.8 Å². The Morgan fingerprint density at radius 3 is 2.46 bits per heavy atom. The molecule has 0 amide bonds. The van der Waals surface area contributed by atoms with Crippen molar-refractivity contribution in [2.24, 2.45) is 0 Å². The van der Waals surface area contributed by atoms with E-state index in [2.05, 4.69) is 65.1 Å². The minimum Gasteiger partial charge on any atom is -0.277 e. The van der Waals surface area contributed by atoms with Crippen LogP contribution < -0.4 is 0 Å². The van der Waals surface area contributed by atoms with Crippen molar-refractivity contribution in [2.45, 2.75) is 19.8 Å². The molecule has 0 saturated heterocycles. The molecule has 0 aliphatic rings. The first kappa shape index (κ1) is 14.2. The molecule has 0 radical (unpaired) electrons. The summed E-state index contributed by atoms with van der Waals surface area (Å²) >= 11 is 1.71. The zero-order valence-electron chi connectivity index (χ0n) is 14.3. The summed E-state index contributed by atoms with van der Waals surface area (Å²) in [7, 11) is 0. The first-order valence-electron chi connectivity index (χ1n) is 8.69. The number of thiazole rings is 1. The Bertz CT molecular complexity index is 1470. The average Bonchev–Trinajstić information content (AvgIpc) is 3.31. The SMILES string of the molecule is CC(C)c1nc2nc3c4ccccc4n4c5ccccc5nc4n3c2s1. The molecule has 0 aliphatic heterocycles. The maximum absolute atomic E-state index is 4.93. The number of aromatic nitrogens is 5. The number of nitrogens with zero attached hydrogens (tertiary/aromatic N) is 5. The summed E-state index contributed by atoms with van der Waals surface area (Å²) < 4.78 is 4.40. The number of benzene rings is 2. The molecule has 126 valence electrons. The predicted octanol–water partition coefficient (Wildman–Crippen LogP) is 5.02. The maximum Gasteiger partial charge on any atom is 0.222 e. The van der Waals surface area contributed by atoms with Crippen LogP contribution in [0.25, 0.3) is 43.8 Å². The molecular weight excluding hydrogens is 342 g/mol. The first-order chi connectivity index (χ1) is 12.7. The van der Waals surface area contributed by atoms with Gasteiger partial charge in [0.2, 0.25) is 5.78 Å². The smallest absolute Gasteiger partial charge is 0.222 e. The Kier molecular flexibility index (Phi) is 2.62. The van der Waals surface area contributed by atoms with Crippen LogP contribution in [0.2, 0.25) is 0 Å². The van der Waals surface area contributed by atoms with E-state index in [-0.39, 0.29) is 0 Å². The second kappa shape index (κ2) is 4.80. The number of rotatable bonds is 1. The topological polar surface area (TPSA) is 47.5 Å². The molecule has 0 unspecified atom stereocenters. The van der Waals surface area contributed by atoms with Gasteiger partial charge in [-0.3, -0.25) is 8.80 Å². The molecule has 4 aromatic heterocycles. The van der Waals surface area contributed by atoms with Crippen LogP contribution in [0, 0.1) is 0 Å². The van der Waals surface area contributed by atoms with Crippen molar-refractivity contribution in [3.05, 3.63) is 53.5 Å². The fraction of sp³-hybridized carbons (Fsp3) is 0.150. The normalized spacial score (nSPS) is 12.6. The van der Waals surface area contributed by atoms with Crippen LogP contribution in [0.3, 0.4) is 0 Å². The van der Waals surface area contributed by atoms with Crippen molar-refractivity contribution in [3.63, 3.8) is 0 Å². The van der Waals surface area contributed by atoms with Gasteiger partial charge < -0.3 is 0 Å². The van der Waals surface area contributed by atoms with E-state index in [1.807, 2.05) is 6.07 Å². The third-order valence-electron chi connectivity index (χ3n) is 4.86. The molecule has 0 atom stereocenters. The first-order valence-corrected chi connectivity index (χ1v) is 9.51. The maximum atomic E-state index is 4.93. The molecule has 4 heterocycles. The van der Waals surface area contributed by atoms with Gasteiger partial charge in [0.25, 0.3) is 0 Å². The van der Waals surface area contributed by atoms with Crippen LogP contribution in [0.1, 0.15) is 24.8 Å². The van der Waals surface area contributed by atoms with Crippen molar-refractivity contribution in [1.82, 2.24) is 23.8 Å². The van der Waals surface area contributed by atoms with Gasteiger partial charge >= 0.3 is 0 Å². The summed E-state index contributed by atoms with van der Waals surface area (Å²) in [5.74, 6) is 1.28. The molecule has 0 N–H and O–H groups in total. The summed E-state index contributed by atoms with van der Waals surface area (Å²) in [5, 5.41) is 2.22. The van der Waals surface area contributed by atoms with Gasteiger partial charge in [-0.05, 0) is 24.3 Å². The summed E-state index contributed by atoms with van der Waals surface area (Å²) in [5.41, 5.74) is 4.94. The van der Waals surface area contributed by atoms with Crippen LogP contribution in [-0.4, -0.2) is 23.8 Å². The van der Waals surface area contributed by atoms with Crippen LogP contribution in [0.15, 0.2) is 48.5 Å².